The molecular weight excluding hydrogens is 257 g/mol. The molecule has 0 bridgehead atoms. The summed E-state index contributed by atoms with van der Waals surface area (Å²) in [5, 5.41) is 9.11. The molecular formula is C11H20NO5P. The average Bonchev–Trinajstić information content (AvgIpc) is 2.30. The van der Waals surface area contributed by atoms with Crippen LogP contribution in [0.1, 0.15) is 27.7 Å². The van der Waals surface area contributed by atoms with Crippen molar-refractivity contribution in [3.05, 3.63) is 0 Å². The molecule has 0 spiro atoms. The highest BCUT2D eigenvalue weighted by atomic mass is 31.2. The maximum absolute atomic E-state index is 12.4. The van der Waals surface area contributed by atoms with Crippen molar-refractivity contribution in [1.82, 2.24) is 0 Å². The van der Waals surface area contributed by atoms with Crippen LogP contribution in [0.3, 0.4) is 0 Å². The molecule has 0 aromatic heterocycles. The van der Waals surface area contributed by atoms with Crippen LogP contribution in [0.4, 0.5) is 0 Å². The number of ether oxygens (including phenoxy) is 1. The van der Waals surface area contributed by atoms with E-state index in [4.69, 9.17) is 19.0 Å². The number of rotatable bonds is 8. The number of carbonyl (C=O) groups is 1. The summed E-state index contributed by atoms with van der Waals surface area (Å²) in [6, 6.07) is 1.84. The summed E-state index contributed by atoms with van der Waals surface area (Å²) in [6.07, 6.45) is 0. The van der Waals surface area contributed by atoms with Crippen LogP contribution in [0, 0.1) is 17.2 Å². The van der Waals surface area contributed by atoms with Gasteiger partial charge in [0.05, 0.1) is 31.8 Å². The lowest BCUT2D eigenvalue weighted by Crippen LogP contribution is -2.28. The van der Waals surface area contributed by atoms with Gasteiger partial charge in [-0.3, -0.25) is 9.36 Å². The molecule has 0 fully saturated rings. The number of hydrogen-bond donors (Lipinski definition) is 0. The standard InChI is InChI=1S/C11H20NO5P/c1-5-15-11(13)9(4)10(8-12)18(14,16-6-2)17-7-3/h9-10H,5-7H2,1-4H3. The Morgan fingerprint density at radius 1 is 1.22 bits per heavy atom. The molecule has 0 N–H and O–H groups in total. The van der Waals surface area contributed by atoms with Crippen LogP contribution in [-0.4, -0.2) is 31.4 Å². The van der Waals surface area contributed by atoms with E-state index in [1.54, 1.807) is 20.8 Å². The highest BCUT2D eigenvalue weighted by molar-refractivity contribution is 7.55. The molecule has 0 saturated heterocycles. The fraction of sp³-hybridized carbons (Fsp3) is 0.818. The highest BCUT2D eigenvalue weighted by Gasteiger charge is 2.43. The van der Waals surface area contributed by atoms with Gasteiger partial charge < -0.3 is 13.8 Å². The Bertz CT molecular complexity index is 342. The zero-order valence-corrected chi connectivity index (χ0v) is 12.1. The van der Waals surface area contributed by atoms with Crippen molar-refractivity contribution in [1.29, 1.82) is 5.26 Å². The molecule has 0 aliphatic rings. The van der Waals surface area contributed by atoms with Crippen LogP contribution >= 0.6 is 7.60 Å². The molecule has 0 aromatic carbocycles. The number of nitrogens with zero attached hydrogens (tertiary/aromatic N) is 1. The Morgan fingerprint density at radius 3 is 2.06 bits per heavy atom. The lowest BCUT2D eigenvalue weighted by Gasteiger charge is -2.24. The fourth-order valence-electron chi connectivity index (χ4n) is 1.42. The number of nitriles is 1. The second-order valence-electron chi connectivity index (χ2n) is 3.49. The van der Waals surface area contributed by atoms with Crippen LogP contribution in [0.2, 0.25) is 0 Å². The summed E-state index contributed by atoms with van der Waals surface area (Å²) in [5.74, 6) is -1.44. The summed E-state index contributed by atoms with van der Waals surface area (Å²) in [4.78, 5) is 11.6. The molecule has 104 valence electrons. The van der Waals surface area contributed by atoms with Crippen molar-refractivity contribution in [3.63, 3.8) is 0 Å². The zero-order chi connectivity index (χ0) is 14.2. The smallest absolute Gasteiger partial charge is 0.348 e. The van der Waals surface area contributed by atoms with E-state index in [1.165, 1.54) is 6.92 Å². The number of hydrogen-bond acceptors (Lipinski definition) is 6. The summed E-state index contributed by atoms with van der Waals surface area (Å²) in [5.41, 5.74) is -1.16. The van der Waals surface area contributed by atoms with E-state index >= 15 is 0 Å². The van der Waals surface area contributed by atoms with Gasteiger partial charge in [0.2, 0.25) is 0 Å². The predicted octanol–water partition coefficient (Wildman–Crippen LogP) is 2.34. The van der Waals surface area contributed by atoms with Crippen LogP contribution in [-0.2, 0) is 23.1 Å². The molecule has 2 unspecified atom stereocenters. The largest absolute Gasteiger partial charge is 0.466 e. The summed E-state index contributed by atoms with van der Waals surface area (Å²) >= 11 is 0. The van der Waals surface area contributed by atoms with Crippen molar-refractivity contribution >= 4 is 13.6 Å². The average molecular weight is 277 g/mol. The van der Waals surface area contributed by atoms with Crippen LogP contribution < -0.4 is 0 Å². The fourth-order valence-corrected chi connectivity index (χ4v) is 3.34. The van der Waals surface area contributed by atoms with E-state index in [-0.39, 0.29) is 19.8 Å². The van der Waals surface area contributed by atoms with Gasteiger partial charge in [0, 0.05) is 0 Å². The minimum Gasteiger partial charge on any atom is -0.466 e. The first-order chi connectivity index (χ1) is 8.46. The third-order valence-corrected chi connectivity index (χ3v) is 4.70. The minimum atomic E-state index is -3.63. The Kier molecular flexibility index (Phi) is 7.85. The highest BCUT2D eigenvalue weighted by Crippen LogP contribution is 2.55. The first-order valence-electron chi connectivity index (χ1n) is 5.91. The van der Waals surface area contributed by atoms with Gasteiger partial charge in [-0.1, -0.05) is 0 Å². The van der Waals surface area contributed by atoms with E-state index in [9.17, 15) is 9.36 Å². The van der Waals surface area contributed by atoms with Gasteiger partial charge in [0.15, 0.2) is 5.66 Å². The maximum atomic E-state index is 12.4. The van der Waals surface area contributed by atoms with Gasteiger partial charge in [0.25, 0.3) is 0 Å². The molecule has 6 nitrogen and oxygen atoms in total. The first kappa shape index (κ1) is 17.1. The Labute approximate surface area is 108 Å². The third kappa shape index (κ3) is 4.41. The molecule has 0 radical (unpaired) electrons. The normalized spacial score (nSPS) is 14.6. The SMILES string of the molecule is CCOC(=O)C(C)C(C#N)P(=O)(OCC)OCC. The number of esters is 1. The van der Waals surface area contributed by atoms with E-state index in [0.717, 1.165) is 0 Å². The quantitative estimate of drug-likeness (QED) is 0.500. The van der Waals surface area contributed by atoms with Crippen molar-refractivity contribution in [3.8, 4) is 6.07 Å². The van der Waals surface area contributed by atoms with Gasteiger partial charge in [-0.05, 0) is 27.7 Å². The van der Waals surface area contributed by atoms with Crippen molar-refractivity contribution in [2.45, 2.75) is 33.4 Å². The predicted molar refractivity (Wildman–Crippen MR) is 66.1 cm³/mol. The molecule has 0 aliphatic heterocycles. The monoisotopic (exact) mass is 277 g/mol. The molecule has 0 saturated carbocycles. The third-order valence-electron chi connectivity index (χ3n) is 2.22. The second kappa shape index (κ2) is 8.25. The second-order valence-corrected chi connectivity index (χ2v) is 5.64. The zero-order valence-electron chi connectivity index (χ0n) is 11.2. The molecule has 0 rings (SSSR count). The van der Waals surface area contributed by atoms with E-state index in [2.05, 4.69) is 0 Å². The maximum Gasteiger partial charge on any atom is 0.348 e. The molecule has 0 aliphatic carbocycles. The lowest BCUT2D eigenvalue weighted by molar-refractivity contribution is -0.147. The molecule has 0 heterocycles. The summed E-state index contributed by atoms with van der Waals surface area (Å²) < 4.78 is 27.4. The van der Waals surface area contributed by atoms with E-state index < -0.39 is 25.1 Å². The number of carbonyl (C=O) groups excluding carboxylic acids is 1. The van der Waals surface area contributed by atoms with Crippen molar-refractivity contribution in [2.24, 2.45) is 5.92 Å². The molecule has 0 amide bonds. The molecule has 7 heteroatoms. The Morgan fingerprint density at radius 2 is 1.72 bits per heavy atom. The van der Waals surface area contributed by atoms with Gasteiger partial charge in [-0.2, -0.15) is 5.26 Å². The molecule has 0 aromatic rings. The Balaban J connectivity index is 5.08. The van der Waals surface area contributed by atoms with Crippen molar-refractivity contribution in [2.75, 3.05) is 19.8 Å². The molecule has 2 atom stereocenters. The van der Waals surface area contributed by atoms with Crippen molar-refractivity contribution < 1.29 is 23.1 Å². The Hall–Kier alpha value is -0.890. The van der Waals surface area contributed by atoms with Gasteiger partial charge >= 0.3 is 13.6 Å². The molecule has 18 heavy (non-hydrogen) atoms. The van der Waals surface area contributed by atoms with Gasteiger partial charge in [0.1, 0.15) is 0 Å². The van der Waals surface area contributed by atoms with Crippen LogP contribution in [0.15, 0.2) is 0 Å². The lowest BCUT2D eigenvalue weighted by atomic mass is 10.1. The van der Waals surface area contributed by atoms with Gasteiger partial charge in [-0.25, -0.2) is 0 Å². The summed E-state index contributed by atoms with van der Waals surface area (Å²) in [7, 11) is -3.63. The van der Waals surface area contributed by atoms with Crippen LogP contribution in [0.5, 0.6) is 0 Å². The summed E-state index contributed by atoms with van der Waals surface area (Å²) in [6.45, 7) is 6.93. The van der Waals surface area contributed by atoms with E-state index in [0.29, 0.717) is 0 Å². The van der Waals surface area contributed by atoms with Crippen LogP contribution in [0.25, 0.3) is 0 Å². The van der Waals surface area contributed by atoms with E-state index in [1.807, 2.05) is 6.07 Å². The van der Waals surface area contributed by atoms with Gasteiger partial charge in [-0.15, -0.1) is 0 Å². The first-order valence-corrected chi connectivity index (χ1v) is 7.52. The topological polar surface area (TPSA) is 85.6 Å². The minimum absolute atomic E-state index is 0.144.